The predicted octanol–water partition coefficient (Wildman–Crippen LogP) is 4.54. The third-order valence-electron chi connectivity index (χ3n) is 4.77. The van der Waals surface area contributed by atoms with E-state index in [9.17, 15) is 24.3 Å². The molecule has 0 heterocycles. The van der Waals surface area contributed by atoms with Crippen LogP contribution >= 0.6 is 11.8 Å². The Kier molecular flexibility index (Phi) is 8.05. The summed E-state index contributed by atoms with van der Waals surface area (Å²) in [5.41, 5.74) is 1.01. The maximum Gasteiger partial charge on any atom is 0.339 e. The summed E-state index contributed by atoms with van der Waals surface area (Å²) in [7, 11) is 1.27. The number of ether oxygens (including phenoxy) is 1. The van der Waals surface area contributed by atoms with Crippen LogP contribution in [-0.4, -0.2) is 41.2 Å². The number of hydrogen-bond donors (Lipinski definition) is 3. The van der Waals surface area contributed by atoms with Gasteiger partial charge in [0.1, 0.15) is 0 Å². The van der Waals surface area contributed by atoms with Crippen molar-refractivity contribution >= 4 is 46.9 Å². The number of carbonyl (C=O) groups is 4. The zero-order valence-electron chi connectivity index (χ0n) is 18.4. The molecular formula is C25H22N2O6S. The van der Waals surface area contributed by atoms with Crippen molar-refractivity contribution in [3.63, 3.8) is 0 Å². The molecule has 174 valence electrons. The lowest BCUT2D eigenvalue weighted by Gasteiger charge is -2.15. The monoisotopic (exact) mass is 478 g/mol. The minimum absolute atomic E-state index is 0.0464. The van der Waals surface area contributed by atoms with Crippen molar-refractivity contribution in [1.29, 1.82) is 0 Å². The number of benzene rings is 3. The van der Waals surface area contributed by atoms with E-state index in [0.29, 0.717) is 16.3 Å². The number of thioether (sulfide) groups is 1. The fourth-order valence-electron chi connectivity index (χ4n) is 3.09. The number of aromatic carboxylic acids is 1. The summed E-state index contributed by atoms with van der Waals surface area (Å²) in [5, 5.41) is 14.2. The van der Waals surface area contributed by atoms with Crippen LogP contribution in [0.3, 0.4) is 0 Å². The Labute approximate surface area is 200 Å². The van der Waals surface area contributed by atoms with Gasteiger partial charge in [-0.3, -0.25) is 9.59 Å². The number of para-hydroxylation sites is 1. The first kappa shape index (κ1) is 24.5. The van der Waals surface area contributed by atoms with Crippen LogP contribution in [0.2, 0.25) is 0 Å². The molecule has 0 spiro atoms. The second-order valence-corrected chi connectivity index (χ2v) is 8.53. The average Bonchev–Trinajstić information content (AvgIpc) is 2.84. The Hall–Kier alpha value is -4.11. The molecule has 0 radical (unpaired) electrons. The zero-order chi connectivity index (χ0) is 24.7. The van der Waals surface area contributed by atoms with Crippen molar-refractivity contribution in [2.45, 2.75) is 17.1 Å². The Morgan fingerprint density at radius 3 is 2.18 bits per heavy atom. The smallest absolute Gasteiger partial charge is 0.339 e. The van der Waals surface area contributed by atoms with Crippen molar-refractivity contribution in [3.8, 4) is 0 Å². The van der Waals surface area contributed by atoms with Crippen molar-refractivity contribution in [2.75, 3.05) is 17.7 Å². The van der Waals surface area contributed by atoms with Gasteiger partial charge in [-0.05, 0) is 49.4 Å². The van der Waals surface area contributed by atoms with Gasteiger partial charge in [-0.25, -0.2) is 9.59 Å². The van der Waals surface area contributed by atoms with Crippen molar-refractivity contribution in [2.24, 2.45) is 0 Å². The normalized spacial score (nSPS) is 11.2. The lowest BCUT2D eigenvalue weighted by Crippen LogP contribution is -2.23. The molecular weight excluding hydrogens is 456 g/mol. The van der Waals surface area contributed by atoms with Crippen LogP contribution in [-0.2, 0) is 9.53 Å². The van der Waals surface area contributed by atoms with Crippen LogP contribution in [0.1, 0.15) is 38.0 Å². The van der Waals surface area contributed by atoms with Gasteiger partial charge in [0.2, 0.25) is 5.91 Å². The van der Waals surface area contributed by atoms with Crippen molar-refractivity contribution < 1.29 is 29.0 Å². The lowest BCUT2D eigenvalue weighted by atomic mass is 10.1. The van der Waals surface area contributed by atoms with Crippen molar-refractivity contribution in [1.82, 2.24) is 0 Å². The average molecular weight is 479 g/mol. The number of carboxylic acids is 1. The van der Waals surface area contributed by atoms with Crippen LogP contribution in [0.4, 0.5) is 11.4 Å². The predicted molar refractivity (Wildman–Crippen MR) is 130 cm³/mol. The fourth-order valence-corrected chi connectivity index (χ4v) is 4.01. The summed E-state index contributed by atoms with van der Waals surface area (Å²) in [6, 6.07) is 19.4. The highest BCUT2D eigenvalue weighted by molar-refractivity contribution is 8.00. The van der Waals surface area contributed by atoms with Gasteiger partial charge in [-0.2, -0.15) is 0 Å². The van der Waals surface area contributed by atoms with Gasteiger partial charge >= 0.3 is 11.9 Å². The molecule has 0 fully saturated rings. The minimum atomic E-state index is -1.19. The van der Waals surface area contributed by atoms with E-state index in [2.05, 4.69) is 10.6 Å². The van der Waals surface area contributed by atoms with Crippen LogP contribution in [0.25, 0.3) is 0 Å². The molecule has 1 unspecified atom stereocenters. The number of rotatable bonds is 8. The van der Waals surface area contributed by atoms with Gasteiger partial charge < -0.3 is 20.5 Å². The number of anilines is 2. The summed E-state index contributed by atoms with van der Waals surface area (Å²) < 4.78 is 4.75. The van der Waals surface area contributed by atoms with E-state index in [1.807, 2.05) is 0 Å². The number of methoxy groups -OCH3 is 1. The fraction of sp³-hybridized carbons (Fsp3) is 0.120. The second-order valence-electron chi connectivity index (χ2n) is 7.12. The van der Waals surface area contributed by atoms with Gasteiger partial charge in [0.15, 0.2) is 0 Å². The van der Waals surface area contributed by atoms with Gasteiger partial charge in [0, 0.05) is 10.6 Å². The van der Waals surface area contributed by atoms with E-state index in [-0.39, 0.29) is 22.6 Å². The first-order valence-electron chi connectivity index (χ1n) is 10.2. The van der Waals surface area contributed by atoms with E-state index >= 15 is 0 Å². The molecule has 8 nitrogen and oxygen atoms in total. The van der Waals surface area contributed by atoms with Gasteiger partial charge in [-0.15, -0.1) is 11.8 Å². The summed E-state index contributed by atoms with van der Waals surface area (Å²) in [6.07, 6.45) is 0. The second kappa shape index (κ2) is 11.2. The molecule has 3 aromatic rings. The number of hydrogen-bond acceptors (Lipinski definition) is 6. The summed E-state index contributed by atoms with van der Waals surface area (Å²) in [4.78, 5) is 49.3. The first-order chi connectivity index (χ1) is 16.3. The molecule has 0 aliphatic carbocycles. The Balaban J connectivity index is 1.69. The number of esters is 1. The maximum absolute atomic E-state index is 12.7. The van der Waals surface area contributed by atoms with Gasteiger partial charge in [0.25, 0.3) is 5.91 Å². The third kappa shape index (κ3) is 6.02. The summed E-state index contributed by atoms with van der Waals surface area (Å²) in [5.74, 6) is -2.61. The Morgan fingerprint density at radius 1 is 0.853 bits per heavy atom. The van der Waals surface area contributed by atoms with Crippen molar-refractivity contribution in [3.05, 3.63) is 89.5 Å². The Bertz CT molecular complexity index is 1240. The molecule has 2 amide bonds. The molecule has 0 aromatic heterocycles. The van der Waals surface area contributed by atoms with E-state index in [4.69, 9.17) is 4.74 Å². The van der Waals surface area contributed by atoms with E-state index in [1.165, 1.54) is 31.0 Å². The molecule has 9 heteroatoms. The molecule has 34 heavy (non-hydrogen) atoms. The number of carboxylic acid groups (broad SMARTS) is 1. The lowest BCUT2D eigenvalue weighted by molar-refractivity contribution is -0.115. The Morgan fingerprint density at radius 2 is 1.50 bits per heavy atom. The first-order valence-corrected chi connectivity index (χ1v) is 11.1. The van der Waals surface area contributed by atoms with Crippen LogP contribution in [0.5, 0.6) is 0 Å². The molecule has 0 aliphatic heterocycles. The van der Waals surface area contributed by atoms with E-state index < -0.39 is 23.1 Å². The van der Waals surface area contributed by atoms with E-state index in [1.54, 1.807) is 67.6 Å². The minimum Gasteiger partial charge on any atom is -0.478 e. The van der Waals surface area contributed by atoms with Gasteiger partial charge in [0.05, 0.1) is 34.7 Å². The summed E-state index contributed by atoms with van der Waals surface area (Å²) >= 11 is 1.26. The highest BCUT2D eigenvalue weighted by Crippen LogP contribution is 2.27. The van der Waals surface area contributed by atoms with Crippen LogP contribution in [0.15, 0.2) is 77.7 Å². The van der Waals surface area contributed by atoms with E-state index in [0.717, 1.165) is 0 Å². The highest BCUT2D eigenvalue weighted by Gasteiger charge is 2.19. The molecule has 1 atom stereocenters. The highest BCUT2D eigenvalue weighted by atomic mass is 32.2. The standard InChI is InChI=1S/C25H22N2O6S/c1-15(22(28)27-21-13-6-5-12-20(21)25(32)33-2)34-17-9-7-8-16(14-17)26-23(29)18-10-3-4-11-19(18)24(30)31/h3-15H,1-2H3,(H,26,29)(H,27,28)(H,30,31). The molecule has 3 aromatic carbocycles. The van der Waals surface area contributed by atoms with Crippen LogP contribution < -0.4 is 10.6 Å². The van der Waals surface area contributed by atoms with Gasteiger partial charge in [-0.1, -0.05) is 30.3 Å². The molecule has 3 rings (SSSR count). The number of amides is 2. The molecule has 0 saturated heterocycles. The molecule has 3 N–H and O–H groups in total. The largest absolute Gasteiger partial charge is 0.478 e. The quantitative estimate of drug-likeness (QED) is 0.321. The zero-order valence-corrected chi connectivity index (χ0v) is 19.2. The summed E-state index contributed by atoms with van der Waals surface area (Å²) in [6.45, 7) is 1.72. The molecule has 0 saturated carbocycles. The maximum atomic E-state index is 12.7. The van der Waals surface area contributed by atoms with Crippen LogP contribution in [0, 0.1) is 0 Å². The topological polar surface area (TPSA) is 122 Å². The molecule has 0 aliphatic rings. The number of carbonyl (C=O) groups excluding carboxylic acids is 3. The molecule has 0 bridgehead atoms. The third-order valence-corrected chi connectivity index (χ3v) is 5.86. The SMILES string of the molecule is COC(=O)c1ccccc1NC(=O)C(C)Sc1cccc(NC(=O)c2ccccc2C(=O)O)c1. The number of nitrogens with one attached hydrogen (secondary N) is 2.